The zero-order chi connectivity index (χ0) is 15.4. The maximum Gasteiger partial charge on any atom is 0.307 e. The van der Waals surface area contributed by atoms with Gasteiger partial charge in [-0.3, -0.25) is 4.79 Å². The second-order valence-corrected chi connectivity index (χ2v) is 5.60. The van der Waals surface area contributed by atoms with Crippen LogP contribution in [0.1, 0.15) is 11.1 Å². The molecule has 0 aliphatic rings. The van der Waals surface area contributed by atoms with E-state index in [1.165, 1.54) is 12.1 Å². The van der Waals surface area contributed by atoms with Crippen molar-refractivity contribution in [3.8, 4) is 0 Å². The largest absolute Gasteiger partial charge is 0.481 e. The number of benzene rings is 2. The Bertz CT molecular complexity index is 658. The molecule has 0 bridgehead atoms. The van der Waals surface area contributed by atoms with Gasteiger partial charge in [-0.1, -0.05) is 47.5 Å². The third-order valence-electron chi connectivity index (χ3n) is 3.24. The number of hydrogen-bond donors (Lipinski definition) is 1. The molecule has 2 aromatic rings. The summed E-state index contributed by atoms with van der Waals surface area (Å²) in [4.78, 5) is 11.4. The maximum absolute atomic E-state index is 13.4. The number of carboxylic acids is 1. The SMILES string of the molecule is O=C(O)C(Cc1ccc(Cl)c(F)c1)Cc1ccccc1Cl. The fraction of sp³-hybridized carbons (Fsp3) is 0.188. The quantitative estimate of drug-likeness (QED) is 0.870. The van der Waals surface area contributed by atoms with Crippen LogP contribution in [0.15, 0.2) is 42.5 Å². The van der Waals surface area contributed by atoms with Crippen LogP contribution >= 0.6 is 23.2 Å². The molecule has 0 heterocycles. The Morgan fingerprint density at radius 2 is 1.81 bits per heavy atom. The van der Waals surface area contributed by atoms with Crippen LogP contribution in [0.2, 0.25) is 10.0 Å². The van der Waals surface area contributed by atoms with Crippen molar-refractivity contribution in [1.82, 2.24) is 0 Å². The van der Waals surface area contributed by atoms with Crippen LogP contribution < -0.4 is 0 Å². The molecule has 1 atom stereocenters. The fourth-order valence-electron chi connectivity index (χ4n) is 2.13. The van der Waals surface area contributed by atoms with E-state index in [1.807, 2.05) is 6.07 Å². The van der Waals surface area contributed by atoms with Crippen LogP contribution in [0.25, 0.3) is 0 Å². The predicted molar refractivity (Wildman–Crippen MR) is 81.4 cm³/mol. The molecular formula is C16H13Cl2FO2. The van der Waals surface area contributed by atoms with E-state index in [0.717, 1.165) is 5.56 Å². The van der Waals surface area contributed by atoms with E-state index in [2.05, 4.69) is 0 Å². The van der Waals surface area contributed by atoms with Gasteiger partial charge in [-0.05, 0) is 42.2 Å². The highest BCUT2D eigenvalue weighted by atomic mass is 35.5. The van der Waals surface area contributed by atoms with Crippen LogP contribution in [0.5, 0.6) is 0 Å². The number of hydrogen-bond acceptors (Lipinski definition) is 1. The summed E-state index contributed by atoms with van der Waals surface area (Å²) in [6, 6.07) is 11.4. The van der Waals surface area contributed by atoms with Gasteiger partial charge in [-0.25, -0.2) is 4.39 Å². The molecule has 2 aromatic carbocycles. The lowest BCUT2D eigenvalue weighted by Crippen LogP contribution is -2.19. The Balaban J connectivity index is 2.18. The van der Waals surface area contributed by atoms with Gasteiger partial charge in [0.15, 0.2) is 0 Å². The van der Waals surface area contributed by atoms with Crippen LogP contribution in [-0.4, -0.2) is 11.1 Å². The Morgan fingerprint density at radius 3 is 2.43 bits per heavy atom. The monoisotopic (exact) mass is 326 g/mol. The topological polar surface area (TPSA) is 37.3 Å². The first-order valence-electron chi connectivity index (χ1n) is 6.37. The van der Waals surface area contributed by atoms with E-state index in [9.17, 15) is 14.3 Å². The molecule has 0 fully saturated rings. The Labute approximate surface area is 132 Å². The van der Waals surface area contributed by atoms with Crippen molar-refractivity contribution in [3.05, 3.63) is 69.5 Å². The van der Waals surface area contributed by atoms with E-state index in [4.69, 9.17) is 23.2 Å². The summed E-state index contributed by atoms with van der Waals surface area (Å²) in [6.45, 7) is 0. The summed E-state index contributed by atoms with van der Waals surface area (Å²) < 4.78 is 13.4. The molecule has 0 aliphatic carbocycles. The van der Waals surface area contributed by atoms with Gasteiger partial charge in [0.2, 0.25) is 0 Å². The average Bonchev–Trinajstić information content (AvgIpc) is 2.44. The first-order valence-corrected chi connectivity index (χ1v) is 7.13. The summed E-state index contributed by atoms with van der Waals surface area (Å²) >= 11 is 11.7. The van der Waals surface area contributed by atoms with E-state index in [-0.39, 0.29) is 11.4 Å². The van der Waals surface area contributed by atoms with Crippen molar-refractivity contribution >= 4 is 29.2 Å². The molecule has 5 heteroatoms. The average molecular weight is 327 g/mol. The van der Waals surface area contributed by atoms with Crippen LogP contribution in [-0.2, 0) is 17.6 Å². The normalized spacial score (nSPS) is 12.1. The van der Waals surface area contributed by atoms with Gasteiger partial charge < -0.3 is 5.11 Å². The van der Waals surface area contributed by atoms with E-state index in [0.29, 0.717) is 17.0 Å². The van der Waals surface area contributed by atoms with Crippen molar-refractivity contribution in [2.45, 2.75) is 12.8 Å². The Morgan fingerprint density at radius 1 is 1.10 bits per heavy atom. The van der Waals surface area contributed by atoms with Gasteiger partial charge in [0.25, 0.3) is 0 Å². The standard InChI is InChI=1S/C16H13Cl2FO2/c17-13-4-2-1-3-11(13)9-12(16(20)21)7-10-5-6-14(18)15(19)8-10/h1-6,8,12H,7,9H2,(H,20,21). The number of carbonyl (C=O) groups is 1. The molecule has 1 unspecified atom stereocenters. The van der Waals surface area contributed by atoms with Crippen LogP contribution in [0.3, 0.4) is 0 Å². The molecule has 0 saturated heterocycles. The lowest BCUT2D eigenvalue weighted by molar-refractivity contribution is -0.141. The van der Waals surface area contributed by atoms with Gasteiger partial charge in [-0.15, -0.1) is 0 Å². The van der Waals surface area contributed by atoms with E-state index >= 15 is 0 Å². The first-order chi connectivity index (χ1) is 9.97. The zero-order valence-electron chi connectivity index (χ0n) is 11.0. The minimum atomic E-state index is -0.940. The van der Waals surface area contributed by atoms with Gasteiger partial charge in [0.1, 0.15) is 5.82 Å². The lowest BCUT2D eigenvalue weighted by atomic mass is 9.92. The number of aliphatic carboxylic acids is 1. The van der Waals surface area contributed by atoms with Gasteiger partial charge >= 0.3 is 5.97 Å². The smallest absolute Gasteiger partial charge is 0.307 e. The summed E-state index contributed by atoms with van der Waals surface area (Å²) in [7, 11) is 0. The highest BCUT2D eigenvalue weighted by Crippen LogP contribution is 2.23. The van der Waals surface area contributed by atoms with E-state index in [1.54, 1.807) is 24.3 Å². The van der Waals surface area contributed by atoms with Gasteiger partial charge in [0.05, 0.1) is 10.9 Å². The molecule has 0 radical (unpaired) electrons. The molecule has 2 rings (SSSR count). The molecule has 0 aliphatic heterocycles. The van der Waals surface area contributed by atoms with Gasteiger partial charge in [-0.2, -0.15) is 0 Å². The van der Waals surface area contributed by atoms with Crippen molar-refractivity contribution < 1.29 is 14.3 Å². The molecule has 0 saturated carbocycles. The lowest BCUT2D eigenvalue weighted by Gasteiger charge is -2.14. The Kier molecular flexibility index (Phi) is 5.21. The molecule has 21 heavy (non-hydrogen) atoms. The van der Waals surface area contributed by atoms with Crippen molar-refractivity contribution in [3.63, 3.8) is 0 Å². The zero-order valence-corrected chi connectivity index (χ0v) is 12.5. The van der Waals surface area contributed by atoms with Crippen molar-refractivity contribution in [1.29, 1.82) is 0 Å². The number of halogens is 3. The third-order valence-corrected chi connectivity index (χ3v) is 3.91. The minimum Gasteiger partial charge on any atom is -0.481 e. The predicted octanol–water partition coefficient (Wildman–Crippen LogP) is 4.62. The molecule has 0 spiro atoms. The molecule has 110 valence electrons. The summed E-state index contributed by atoms with van der Waals surface area (Å²) in [6.07, 6.45) is 0.508. The maximum atomic E-state index is 13.4. The highest BCUT2D eigenvalue weighted by molar-refractivity contribution is 6.31. The highest BCUT2D eigenvalue weighted by Gasteiger charge is 2.20. The summed E-state index contributed by atoms with van der Waals surface area (Å²) in [5.74, 6) is -2.16. The van der Waals surface area contributed by atoms with E-state index < -0.39 is 17.7 Å². The van der Waals surface area contributed by atoms with Crippen LogP contribution in [0.4, 0.5) is 4.39 Å². The van der Waals surface area contributed by atoms with Crippen molar-refractivity contribution in [2.75, 3.05) is 0 Å². The van der Waals surface area contributed by atoms with Gasteiger partial charge in [0, 0.05) is 5.02 Å². The second-order valence-electron chi connectivity index (χ2n) is 4.78. The van der Waals surface area contributed by atoms with Crippen LogP contribution in [0, 0.1) is 11.7 Å². The molecular weight excluding hydrogens is 314 g/mol. The summed E-state index contributed by atoms with van der Waals surface area (Å²) in [5, 5.41) is 9.91. The third kappa shape index (κ3) is 4.19. The molecule has 1 N–H and O–H groups in total. The second kappa shape index (κ2) is 6.92. The summed E-state index contributed by atoms with van der Waals surface area (Å²) in [5.41, 5.74) is 1.36. The molecule has 2 nitrogen and oxygen atoms in total. The Hall–Kier alpha value is -1.58. The number of rotatable bonds is 5. The number of carboxylic acid groups (broad SMARTS) is 1. The molecule has 0 aromatic heterocycles. The minimum absolute atomic E-state index is 0.0247. The first kappa shape index (κ1) is 15.8. The van der Waals surface area contributed by atoms with Crippen molar-refractivity contribution in [2.24, 2.45) is 5.92 Å². The fourth-order valence-corrected chi connectivity index (χ4v) is 2.46. The molecule has 0 amide bonds.